The van der Waals surface area contributed by atoms with E-state index in [1.165, 1.54) is 6.33 Å². The summed E-state index contributed by atoms with van der Waals surface area (Å²) in [5.74, 6) is 0.965. The highest BCUT2D eigenvalue weighted by Crippen LogP contribution is 2.19. The van der Waals surface area contributed by atoms with E-state index in [2.05, 4.69) is 20.3 Å². The van der Waals surface area contributed by atoms with Gasteiger partial charge in [-0.25, -0.2) is 15.0 Å². The third-order valence-corrected chi connectivity index (χ3v) is 2.90. The summed E-state index contributed by atoms with van der Waals surface area (Å²) < 4.78 is 1.92. The van der Waals surface area contributed by atoms with E-state index in [1.54, 1.807) is 25.5 Å². The molecule has 0 aliphatic carbocycles. The Labute approximate surface area is 109 Å². The largest absolute Gasteiger partial charge is 0.508 e. The van der Waals surface area contributed by atoms with Gasteiger partial charge in [-0.05, 0) is 17.7 Å². The van der Waals surface area contributed by atoms with Gasteiger partial charge < -0.3 is 15.0 Å². The summed E-state index contributed by atoms with van der Waals surface area (Å²) >= 11 is 0. The van der Waals surface area contributed by atoms with E-state index >= 15 is 0 Å². The number of nitrogens with zero attached hydrogens (tertiary/aromatic N) is 4. The van der Waals surface area contributed by atoms with Crippen molar-refractivity contribution in [2.24, 2.45) is 0 Å². The van der Waals surface area contributed by atoms with Gasteiger partial charge in [0, 0.05) is 7.05 Å². The van der Waals surface area contributed by atoms with Gasteiger partial charge >= 0.3 is 0 Å². The van der Waals surface area contributed by atoms with E-state index in [0.717, 1.165) is 16.7 Å². The minimum atomic E-state index is 0.257. The van der Waals surface area contributed by atoms with Crippen LogP contribution >= 0.6 is 0 Å². The molecule has 0 saturated heterocycles. The van der Waals surface area contributed by atoms with Crippen molar-refractivity contribution in [2.75, 3.05) is 12.4 Å². The Balaban J connectivity index is 2.02. The van der Waals surface area contributed by atoms with Crippen LogP contribution in [0.1, 0.15) is 5.56 Å². The Kier molecular flexibility index (Phi) is 2.75. The average molecular weight is 255 g/mol. The molecule has 3 aromatic rings. The fraction of sp³-hybridized carbons (Fsp3) is 0.154. The third-order valence-electron chi connectivity index (χ3n) is 2.90. The summed E-state index contributed by atoms with van der Waals surface area (Å²) in [4.78, 5) is 12.7. The Hall–Kier alpha value is -2.63. The van der Waals surface area contributed by atoms with Gasteiger partial charge in [0.15, 0.2) is 11.5 Å². The molecular weight excluding hydrogens is 242 g/mol. The van der Waals surface area contributed by atoms with Crippen molar-refractivity contribution in [3.63, 3.8) is 0 Å². The molecule has 0 fully saturated rings. The molecule has 0 aliphatic rings. The number of aromatic hydroxyl groups is 1. The maximum atomic E-state index is 9.48. The number of hydrogen-bond donors (Lipinski definition) is 2. The minimum absolute atomic E-state index is 0.257. The highest BCUT2D eigenvalue weighted by atomic mass is 16.3. The van der Waals surface area contributed by atoms with Crippen molar-refractivity contribution < 1.29 is 5.11 Å². The topological polar surface area (TPSA) is 75.9 Å². The van der Waals surface area contributed by atoms with E-state index < -0.39 is 0 Å². The number of imidazole rings is 1. The van der Waals surface area contributed by atoms with Crippen molar-refractivity contribution in [1.29, 1.82) is 0 Å². The summed E-state index contributed by atoms with van der Waals surface area (Å²) in [7, 11) is 1.80. The zero-order valence-corrected chi connectivity index (χ0v) is 10.4. The molecule has 0 aliphatic heterocycles. The predicted octanol–water partition coefficient (Wildman–Crippen LogP) is 1.62. The molecule has 2 heterocycles. The average Bonchev–Trinajstić information content (AvgIpc) is 2.82. The Morgan fingerprint density at radius 1 is 1.26 bits per heavy atom. The zero-order valence-electron chi connectivity index (χ0n) is 10.4. The van der Waals surface area contributed by atoms with Crippen molar-refractivity contribution in [2.45, 2.75) is 6.54 Å². The first kappa shape index (κ1) is 11.5. The second-order valence-electron chi connectivity index (χ2n) is 4.19. The summed E-state index contributed by atoms with van der Waals surface area (Å²) in [5, 5.41) is 12.5. The van der Waals surface area contributed by atoms with E-state index in [-0.39, 0.29) is 5.75 Å². The second kappa shape index (κ2) is 4.56. The van der Waals surface area contributed by atoms with Gasteiger partial charge in [0.2, 0.25) is 0 Å². The van der Waals surface area contributed by atoms with Gasteiger partial charge in [0.05, 0.1) is 12.9 Å². The molecule has 0 unspecified atom stereocenters. The molecule has 0 saturated carbocycles. The van der Waals surface area contributed by atoms with Gasteiger partial charge in [-0.15, -0.1) is 0 Å². The Morgan fingerprint density at radius 2 is 2.16 bits per heavy atom. The zero-order chi connectivity index (χ0) is 13.2. The van der Waals surface area contributed by atoms with E-state index in [1.807, 2.05) is 16.7 Å². The molecule has 0 radical (unpaired) electrons. The Morgan fingerprint density at radius 3 is 2.95 bits per heavy atom. The van der Waals surface area contributed by atoms with Gasteiger partial charge in [0.1, 0.15) is 17.6 Å². The number of fused-ring (bicyclic) bond motifs is 1. The lowest BCUT2D eigenvalue weighted by Gasteiger charge is -2.05. The first-order valence-electron chi connectivity index (χ1n) is 5.89. The SMILES string of the molecule is CNc1ncnc2c1ncn2Cc1cccc(O)c1. The second-order valence-corrected chi connectivity index (χ2v) is 4.19. The number of phenolic OH excluding ortho intramolecular Hbond substituents is 1. The molecule has 0 atom stereocenters. The molecule has 6 heteroatoms. The van der Waals surface area contributed by atoms with Crippen LogP contribution in [0.5, 0.6) is 5.75 Å². The number of rotatable bonds is 3. The fourth-order valence-corrected chi connectivity index (χ4v) is 2.03. The predicted molar refractivity (Wildman–Crippen MR) is 72.1 cm³/mol. The monoisotopic (exact) mass is 255 g/mol. The maximum Gasteiger partial charge on any atom is 0.165 e. The highest BCUT2D eigenvalue weighted by molar-refractivity contribution is 5.82. The van der Waals surface area contributed by atoms with Crippen LogP contribution in [0.4, 0.5) is 5.82 Å². The number of anilines is 1. The minimum Gasteiger partial charge on any atom is -0.508 e. The van der Waals surface area contributed by atoms with Crippen LogP contribution < -0.4 is 5.32 Å². The number of hydrogen-bond acceptors (Lipinski definition) is 5. The van der Waals surface area contributed by atoms with Gasteiger partial charge in [-0.3, -0.25) is 0 Å². The quantitative estimate of drug-likeness (QED) is 0.743. The van der Waals surface area contributed by atoms with Crippen LogP contribution in [0.2, 0.25) is 0 Å². The fourth-order valence-electron chi connectivity index (χ4n) is 2.03. The molecule has 0 spiro atoms. The lowest BCUT2D eigenvalue weighted by atomic mass is 10.2. The van der Waals surface area contributed by atoms with Crippen molar-refractivity contribution in [3.8, 4) is 5.75 Å². The summed E-state index contributed by atoms with van der Waals surface area (Å²) in [6.45, 7) is 0.602. The van der Waals surface area contributed by atoms with Gasteiger partial charge in [-0.2, -0.15) is 0 Å². The lowest BCUT2D eigenvalue weighted by Crippen LogP contribution is -2.00. The number of nitrogens with one attached hydrogen (secondary N) is 1. The van der Waals surface area contributed by atoms with Crippen LogP contribution in [-0.4, -0.2) is 31.7 Å². The summed E-state index contributed by atoms with van der Waals surface area (Å²) in [6, 6.07) is 7.15. The first-order chi connectivity index (χ1) is 9.28. The molecule has 19 heavy (non-hydrogen) atoms. The normalized spacial score (nSPS) is 10.8. The first-order valence-corrected chi connectivity index (χ1v) is 5.89. The van der Waals surface area contributed by atoms with E-state index in [4.69, 9.17) is 0 Å². The number of phenols is 1. The van der Waals surface area contributed by atoms with Crippen LogP contribution in [0.3, 0.4) is 0 Å². The van der Waals surface area contributed by atoms with Crippen LogP contribution in [0, 0.1) is 0 Å². The van der Waals surface area contributed by atoms with Crippen molar-refractivity contribution >= 4 is 17.0 Å². The molecule has 2 aromatic heterocycles. The van der Waals surface area contributed by atoms with Crippen molar-refractivity contribution in [1.82, 2.24) is 19.5 Å². The molecule has 2 N–H and O–H groups in total. The van der Waals surface area contributed by atoms with Crippen LogP contribution in [-0.2, 0) is 6.54 Å². The summed E-state index contributed by atoms with van der Waals surface area (Å²) in [6.07, 6.45) is 3.24. The number of aromatic nitrogens is 4. The van der Waals surface area contributed by atoms with Gasteiger partial charge in [-0.1, -0.05) is 12.1 Å². The number of benzene rings is 1. The van der Waals surface area contributed by atoms with E-state index in [0.29, 0.717) is 12.4 Å². The Bertz CT molecular complexity index is 722. The van der Waals surface area contributed by atoms with Crippen LogP contribution in [0.15, 0.2) is 36.9 Å². The molecule has 0 bridgehead atoms. The molecule has 0 amide bonds. The molecular formula is C13H13N5O. The third kappa shape index (κ3) is 2.08. The molecule has 6 nitrogen and oxygen atoms in total. The molecule has 1 aromatic carbocycles. The molecule has 3 rings (SSSR count). The smallest absolute Gasteiger partial charge is 0.165 e. The summed E-state index contributed by atoms with van der Waals surface area (Å²) in [5.41, 5.74) is 2.50. The standard InChI is InChI=1S/C13H13N5O/c1-14-12-11-13(16-7-15-12)18(8-17-11)6-9-3-2-4-10(19)5-9/h2-5,7-8,19H,6H2,1H3,(H,14,15,16). The molecule has 96 valence electrons. The van der Waals surface area contributed by atoms with Gasteiger partial charge in [0.25, 0.3) is 0 Å². The van der Waals surface area contributed by atoms with Crippen LogP contribution in [0.25, 0.3) is 11.2 Å². The lowest BCUT2D eigenvalue weighted by molar-refractivity contribution is 0.474. The van der Waals surface area contributed by atoms with Crippen molar-refractivity contribution in [3.05, 3.63) is 42.5 Å². The van der Waals surface area contributed by atoms with E-state index in [9.17, 15) is 5.11 Å². The maximum absolute atomic E-state index is 9.48. The highest BCUT2D eigenvalue weighted by Gasteiger charge is 2.09.